The summed E-state index contributed by atoms with van der Waals surface area (Å²) in [6.07, 6.45) is 1.89. The second kappa shape index (κ2) is 4.62. The van der Waals surface area contributed by atoms with Crippen LogP contribution in [0.1, 0.15) is 0 Å². The molecule has 90 valence electrons. The van der Waals surface area contributed by atoms with E-state index in [-0.39, 0.29) is 0 Å². The summed E-state index contributed by atoms with van der Waals surface area (Å²) < 4.78 is 3.66. The molecular formula is C11H21BrN2Si2. The predicted octanol–water partition coefficient (Wildman–Crippen LogP) is 4.32. The lowest BCUT2D eigenvalue weighted by Crippen LogP contribution is -2.59. The second-order valence-electron chi connectivity index (χ2n) is 6.01. The lowest BCUT2D eigenvalue weighted by Gasteiger charge is -2.44. The highest BCUT2D eigenvalue weighted by Crippen LogP contribution is 2.27. The second-order valence-corrected chi connectivity index (χ2v) is 17.0. The average Bonchev–Trinajstić information content (AvgIpc) is 2.03. The molecule has 0 fully saturated rings. The minimum Gasteiger partial charge on any atom is -0.410 e. The van der Waals surface area contributed by atoms with Gasteiger partial charge in [0.2, 0.25) is 0 Å². The maximum atomic E-state index is 4.56. The van der Waals surface area contributed by atoms with Crippen LogP contribution in [0.2, 0.25) is 39.3 Å². The van der Waals surface area contributed by atoms with Crippen molar-refractivity contribution in [2.24, 2.45) is 0 Å². The zero-order chi connectivity index (χ0) is 12.6. The molecule has 1 heterocycles. The Balaban J connectivity index is 3.18. The van der Waals surface area contributed by atoms with Gasteiger partial charge in [0.05, 0.1) is 0 Å². The Hall–Kier alpha value is -0.136. The van der Waals surface area contributed by atoms with Crippen LogP contribution in [0.25, 0.3) is 0 Å². The number of halogens is 1. The van der Waals surface area contributed by atoms with Gasteiger partial charge in [-0.2, -0.15) is 0 Å². The lowest BCUT2D eigenvalue weighted by atomic mass is 10.5. The van der Waals surface area contributed by atoms with Gasteiger partial charge in [0, 0.05) is 10.7 Å². The zero-order valence-electron chi connectivity index (χ0n) is 11.0. The molecule has 0 saturated carbocycles. The van der Waals surface area contributed by atoms with E-state index in [2.05, 4.69) is 76.6 Å². The molecule has 0 aromatic carbocycles. The number of hydrogen-bond acceptors (Lipinski definition) is 2. The Morgan fingerprint density at radius 2 is 1.50 bits per heavy atom. The molecule has 0 spiro atoms. The van der Waals surface area contributed by atoms with E-state index in [1.807, 2.05) is 6.20 Å². The molecule has 0 N–H and O–H groups in total. The van der Waals surface area contributed by atoms with E-state index in [4.69, 9.17) is 0 Å². The topological polar surface area (TPSA) is 16.1 Å². The maximum absolute atomic E-state index is 4.56. The molecule has 0 amide bonds. The summed E-state index contributed by atoms with van der Waals surface area (Å²) in [7, 11) is -2.73. The molecule has 0 radical (unpaired) electrons. The molecule has 0 unspecified atom stereocenters. The third kappa shape index (κ3) is 3.43. The molecule has 0 bridgehead atoms. The highest BCUT2D eigenvalue weighted by Gasteiger charge is 2.35. The number of rotatable bonds is 3. The zero-order valence-corrected chi connectivity index (χ0v) is 14.6. The monoisotopic (exact) mass is 316 g/mol. The van der Waals surface area contributed by atoms with Gasteiger partial charge in [0.15, 0.2) is 0 Å². The van der Waals surface area contributed by atoms with E-state index in [1.165, 1.54) is 0 Å². The molecule has 1 aromatic rings. The fourth-order valence-electron chi connectivity index (χ4n) is 2.19. The van der Waals surface area contributed by atoms with Gasteiger partial charge in [-0.05, 0) is 28.1 Å². The molecule has 5 heteroatoms. The fourth-order valence-corrected chi connectivity index (χ4v) is 12.1. The number of anilines is 1. The van der Waals surface area contributed by atoms with Crippen LogP contribution in [0.5, 0.6) is 0 Å². The average molecular weight is 317 g/mol. The molecule has 0 saturated heterocycles. The van der Waals surface area contributed by atoms with Crippen molar-refractivity contribution in [3.8, 4) is 0 Å². The number of pyridine rings is 1. The molecular weight excluding hydrogens is 296 g/mol. The Bertz CT molecular complexity index is 338. The molecule has 0 aliphatic heterocycles. The van der Waals surface area contributed by atoms with Crippen molar-refractivity contribution in [3.63, 3.8) is 0 Å². The molecule has 0 aliphatic carbocycles. The van der Waals surface area contributed by atoms with Gasteiger partial charge < -0.3 is 4.23 Å². The molecule has 2 nitrogen and oxygen atoms in total. The van der Waals surface area contributed by atoms with Crippen molar-refractivity contribution in [2.45, 2.75) is 39.3 Å². The van der Waals surface area contributed by atoms with Crippen LogP contribution in [0.15, 0.2) is 22.8 Å². The van der Waals surface area contributed by atoms with Crippen LogP contribution >= 0.6 is 15.9 Å². The van der Waals surface area contributed by atoms with E-state index < -0.39 is 16.5 Å². The van der Waals surface area contributed by atoms with E-state index in [0.717, 1.165) is 10.3 Å². The van der Waals surface area contributed by atoms with Crippen LogP contribution in [0.3, 0.4) is 0 Å². The van der Waals surface area contributed by atoms with E-state index >= 15 is 0 Å². The summed E-state index contributed by atoms with van der Waals surface area (Å²) >= 11 is 3.44. The molecule has 1 aromatic heterocycles. The van der Waals surface area contributed by atoms with Gasteiger partial charge in [-0.25, -0.2) is 4.98 Å². The molecule has 0 atom stereocenters. The van der Waals surface area contributed by atoms with Crippen LogP contribution in [-0.4, -0.2) is 21.5 Å². The van der Waals surface area contributed by atoms with Gasteiger partial charge >= 0.3 is 0 Å². The SMILES string of the molecule is C[Si](C)(C)N(c1ccc(Br)cn1)[Si](C)(C)C. The fraction of sp³-hybridized carbons (Fsp3) is 0.545. The minimum absolute atomic E-state index is 1.04. The highest BCUT2D eigenvalue weighted by molar-refractivity contribution is 9.10. The van der Waals surface area contributed by atoms with Gasteiger partial charge in [-0.15, -0.1) is 0 Å². The minimum atomic E-state index is -1.36. The van der Waals surface area contributed by atoms with Crippen molar-refractivity contribution in [2.75, 3.05) is 4.23 Å². The van der Waals surface area contributed by atoms with Crippen LogP contribution in [0, 0.1) is 0 Å². The largest absolute Gasteiger partial charge is 0.410 e. The Labute approximate surface area is 109 Å². The normalized spacial score (nSPS) is 12.7. The first-order valence-electron chi connectivity index (χ1n) is 5.54. The molecule has 16 heavy (non-hydrogen) atoms. The summed E-state index contributed by atoms with van der Waals surface area (Å²) in [6, 6.07) is 4.20. The predicted molar refractivity (Wildman–Crippen MR) is 81.1 cm³/mol. The van der Waals surface area contributed by atoms with E-state index in [1.54, 1.807) is 0 Å². The Morgan fingerprint density at radius 1 is 1.00 bits per heavy atom. The van der Waals surface area contributed by atoms with Crippen LogP contribution < -0.4 is 4.23 Å². The van der Waals surface area contributed by atoms with Crippen molar-refractivity contribution in [3.05, 3.63) is 22.8 Å². The summed E-state index contributed by atoms with van der Waals surface area (Å²) in [5.41, 5.74) is 0. The number of nitrogens with zero attached hydrogens (tertiary/aromatic N) is 2. The Morgan fingerprint density at radius 3 is 1.81 bits per heavy atom. The van der Waals surface area contributed by atoms with Gasteiger partial charge in [-0.3, -0.25) is 0 Å². The third-order valence-corrected chi connectivity index (χ3v) is 9.92. The van der Waals surface area contributed by atoms with Crippen molar-refractivity contribution < 1.29 is 0 Å². The molecule has 1 rings (SSSR count). The van der Waals surface area contributed by atoms with Crippen LogP contribution in [0.4, 0.5) is 5.82 Å². The van der Waals surface area contributed by atoms with E-state index in [9.17, 15) is 0 Å². The summed E-state index contributed by atoms with van der Waals surface area (Å²) in [5, 5.41) is 0. The first kappa shape index (κ1) is 13.9. The highest BCUT2D eigenvalue weighted by atomic mass is 79.9. The summed E-state index contributed by atoms with van der Waals surface area (Å²) in [5.74, 6) is 1.14. The number of aromatic nitrogens is 1. The summed E-state index contributed by atoms with van der Waals surface area (Å²) in [6.45, 7) is 14.3. The standard InChI is InChI=1S/C11H21BrN2Si2/c1-15(2,3)14(16(4,5)6)11-8-7-10(12)9-13-11/h7-9H,1-6H3. The van der Waals surface area contributed by atoms with Crippen LogP contribution in [-0.2, 0) is 0 Å². The quantitative estimate of drug-likeness (QED) is 0.772. The van der Waals surface area contributed by atoms with Gasteiger partial charge in [0.25, 0.3) is 0 Å². The third-order valence-electron chi connectivity index (χ3n) is 2.28. The van der Waals surface area contributed by atoms with E-state index in [0.29, 0.717) is 0 Å². The first-order valence-corrected chi connectivity index (χ1v) is 13.2. The van der Waals surface area contributed by atoms with Crippen molar-refractivity contribution in [1.29, 1.82) is 0 Å². The Kier molecular flexibility index (Phi) is 4.02. The van der Waals surface area contributed by atoms with Gasteiger partial charge in [0.1, 0.15) is 22.3 Å². The first-order chi connectivity index (χ1) is 7.12. The van der Waals surface area contributed by atoms with Crippen molar-refractivity contribution in [1.82, 2.24) is 4.98 Å². The lowest BCUT2D eigenvalue weighted by molar-refractivity contribution is 1.22. The van der Waals surface area contributed by atoms with Gasteiger partial charge in [-0.1, -0.05) is 39.3 Å². The maximum Gasteiger partial charge on any atom is 0.139 e. The van der Waals surface area contributed by atoms with Crippen molar-refractivity contribution >= 4 is 38.2 Å². The molecule has 0 aliphatic rings. The summed E-state index contributed by atoms with van der Waals surface area (Å²) in [4.78, 5) is 4.56. The smallest absolute Gasteiger partial charge is 0.139 e. The number of hydrogen-bond donors (Lipinski definition) is 0.